The van der Waals surface area contributed by atoms with Crippen molar-refractivity contribution in [3.63, 3.8) is 0 Å². The van der Waals surface area contributed by atoms with E-state index < -0.39 is 17.2 Å². The number of rotatable bonds is 1. The van der Waals surface area contributed by atoms with Crippen molar-refractivity contribution in [1.29, 1.82) is 5.26 Å². The smallest absolute Gasteiger partial charge is 0.151 e. The van der Waals surface area contributed by atoms with Gasteiger partial charge in [0.2, 0.25) is 0 Å². The topological polar surface area (TPSA) is 23.8 Å². The van der Waals surface area contributed by atoms with Gasteiger partial charge >= 0.3 is 0 Å². The summed E-state index contributed by atoms with van der Waals surface area (Å²) in [6, 6.07) is 8.54. The lowest BCUT2D eigenvalue weighted by Crippen LogP contribution is -2.29. The maximum Gasteiger partial charge on any atom is 0.151 e. The Morgan fingerprint density at radius 2 is 1.76 bits per heavy atom. The molecule has 0 N–H and O–H groups in total. The van der Waals surface area contributed by atoms with Crippen molar-refractivity contribution in [2.45, 2.75) is 51.4 Å². The minimum Gasteiger partial charge on any atom is -0.205 e. The van der Waals surface area contributed by atoms with E-state index in [2.05, 4.69) is 6.92 Å². The first-order valence-electron chi connectivity index (χ1n) is 9.38. The molecule has 0 heterocycles. The highest BCUT2D eigenvalue weighted by Gasteiger charge is 2.34. The van der Waals surface area contributed by atoms with Gasteiger partial charge in [-0.1, -0.05) is 31.5 Å². The molecule has 0 amide bonds. The summed E-state index contributed by atoms with van der Waals surface area (Å²) in [6.07, 6.45) is 7.66. The number of hydrogen-bond acceptors (Lipinski definition) is 1. The molecule has 25 heavy (non-hydrogen) atoms. The number of benzene rings is 2. The zero-order chi connectivity index (χ0) is 17.6. The molecule has 2 aliphatic carbocycles. The molecule has 2 aromatic carbocycles. The summed E-state index contributed by atoms with van der Waals surface area (Å²) in [5.41, 5.74) is 0.699. The van der Waals surface area contributed by atoms with Gasteiger partial charge in [-0.05, 0) is 72.8 Å². The highest BCUT2D eigenvalue weighted by atomic mass is 19.1. The Kier molecular flexibility index (Phi) is 4.23. The molecule has 1 nitrogen and oxygen atoms in total. The number of fused-ring (bicyclic) bond motifs is 2. The number of nitrogens with zero attached hydrogens (tertiary/aromatic N) is 1. The second-order valence-corrected chi connectivity index (χ2v) is 8.09. The molecular weight excluding hydrogens is 316 g/mol. The Labute approximate surface area is 147 Å². The van der Waals surface area contributed by atoms with Crippen LogP contribution >= 0.6 is 0 Å². The van der Waals surface area contributed by atoms with Crippen LogP contribution in [0.1, 0.15) is 62.5 Å². The third-order valence-electron chi connectivity index (χ3n) is 6.51. The monoisotopic (exact) mass is 339 g/mol. The molecule has 2 saturated carbocycles. The molecule has 4 unspecified atom stereocenters. The van der Waals surface area contributed by atoms with E-state index in [1.54, 1.807) is 12.1 Å². The molecule has 4 rings (SSSR count). The van der Waals surface area contributed by atoms with Crippen LogP contribution < -0.4 is 0 Å². The Morgan fingerprint density at radius 1 is 1.00 bits per heavy atom. The van der Waals surface area contributed by atoms with E-state index in [-0.39, 0.29) is 0 Å². The fourth-order valence-electron chi connectivity index (χ4n) is 5.13. The first-order valence-corrected chi connectivity index (χ1v) is 9.38. The summed E-state index contributed by atoms with van der Waals surface area (Å²) in [6.45, 7) is 2.37. The van der Waals surface area contributed by atoms with Crippen molar-refractivity contribution < 1.29 is 8.78 Å². The van der Waals surface area contributed by atoms with Gasteiger partial charge in [0, 0.05) is 5.39 Å². The average molecular weight is 339 g/mol. The van der Waals surface area contributed by atoms with Crippen LogP contribution in [0.25, 0.3) is 10.8 Å². The third kappa shape index (κ3) is 2.92. The van der Waals surface area contributed by atoms with Gasteiger partial charge in [-0.3, -0.25) is 0 Å². The summed E-state index contributed by atoms with van der Waals surface area (Å²) >= 11 is 0. The van der Waals surface area contributed by atoms with E-state index >= 15 is 0 Å². The summed E-state index contributed by atoms with van der Waals surface area (Å²) < 4.78 is 28.2. The van der Waals surface area contributed by atoms with Crippen LogP contribution in [0.15, 0.2) is 24.3 Å². The van der Waals surface area contributed by atoms with E-state index in [1.807, 2.05) is 12.1 Å². The van der Waals surface area contributed by atoms with Gasteiger partial charge in [-0.15, -0.1) is 0 Å². The molecule has 0 bridgehead atoms. The quantitative estimate of drug-likeness (QED) is 0.597. The fraction of sp³-hybridized carbons (Fsp3) is 0.500. The van der Waals surface area contributed by atoms with Gasteiger partial charge in [0.05, 0.1) is 0 Å². The van der Waals surface area contributed by atoms with Crippen LogP contribution in [0.4, 0.5) is 8.78 Å². The maximum absolute atomic E-state index is 14.3. The van der Waals surface area contributed by atoms with Crippen molar-refractivity contribution >= 4 is 10.8 Å². The standard InChI is InChI=1S/C22H23F2N/c1-13-2-3-15-9-16(5-4-14(15)8-13)17-6-7-19-18(10-17)11-21(23)20(12-25)22(19)24/h6-7,10-11,13-16H,2-5,8-9H2,1H3. The van der Waals surface area contributed by atoms with Gasteiger partial charge in [0.25, 0.3) is 0 Å². The summed E-state index contributed by atoms with van der Waals surface area (Å²) in [4.78, 5) is 0. The number of halogens is 2. The molecular formula is C22H23F2N. The average Bonchev–Trinajstić information content (AvgIpc) is 2.61. The Morgan fingerprint density at radius 3 is 2.56 bits per heavy atom. The van der Waals surface area contributed by atoms with E-state index in [0.29, 0.717) is 16.7 Å². The summed E-state index contributed by atoms with van der Waals surface area (Å²) in [5.74, 6) is 1.51. The molecule has 0 aromatic heterocycles. The lowest BCUT2D eigenvalue weighted by atomic mass is 9.64. The molecule has 0 saturated heterocycles. The maximum atomic E-state index is 14.3. The van der Waals surface area contributed by atoms with E-state index in [9.17, 15) is 8.78 Å². The fourth-order valence-corrected chi connectivity index (χ4v) is 5.13. The first-order chi connectivity index (χ1) is 12.1. The van der Waals surface area contributed by atoms with Gasteiger partial charge in [0.1, 0.15) is 17.4 Å². The molecule has 2 aromatic rings. The molecule has 4 atom stereocenters. The molecule has 0 spiro atoms. The zero-order valence-electron chi connectivity index (χ0n) is 14.6. The van der Waals surface area contributed by atoms with Crippen LogP contribution in [-0.2, 0) is 0 Å². The lowest BCUT2D eigenvalue weighted by molar-refractivity contribution is 0.124. The van der Waals surface area contributed by atoms with E-state index in [0.717, 1.165) is 17.8 Å². The van der Waals surface area contributed by atoms with E-state index in [4.69, 9.17) is 5.26 Å². The molecule has 0 aliphatic heterocycles. The third-order valence-corrected chi connectivity index (χ3v) is 6.51. The summed E-state index contributed by atoms with van der Waals surface area (Å²) in [5, 5.41) is 9.81. The van der Waals surface area contributed by atoms with Gasteiger partial charge in [0.15, 0.2) is 5.82 Å². The Bertz CT molecular complexity index is 851. The second kappa shape index (κ2) is 6.41. The highest BCUT2D eigenvalue weighted by Crippen LogP contribution is 2.47. The minimum absolute atomic E-state index is 0.335. The van der Waals surface area contributed by atoms with Gasteiger partial charge < -0.3 is 0 Å². The van der Waals surface area contributed by atoms with Crippen molar-refractivity contribution in [1.82, 2.24) is 0 Å². The van der Waals surface area contributed by atoms with Gasteiger partial charge in [-0.25, -0.2) is 8.78 Å². The Hall–Kier alpha value is -1.95. The highest BCUT2D eigenvalue weighted by molar-refractivity contribution is 5.85. The largest absolute Gasteiger partial charge is 0.205 e. The first kappa shape index (κ1) is 16.5. The van der Waals surface area contributed by atoms with Crippen molar-refractivity contribution in [2.75, 3.05) is 0 Å². The van der Waals surface area contributed by atoms with Crippen molar-refractivity contribution in [3.8, 4) is 6.07 Å². The zero-order valence-corrected chi connectivity index (χ0v) is 14.6. The summed E-state index contributed by atoms with van der Waals surface area (Å²) in [7, 11) is 0. The molecule has 2 fully saturated rings. The molecule has 0 radical (unpaired) electrons. The molecule has 130 valence electrons. The minimum atomic E-state index is -0.769. The van der Waals surface area contributed by atoms with E-state index in [1.165, 1.54) is 50.2 Å². The molecule has 2 aliphatic rings. The van der Waals surface area contributed by atoms with Crippen molar-refractivity contribution in [2.24, 2.45) is 17.8 Å². The van der Waals surface area contributed by atoms with Crippen LogP contribution in [0.3, 0.4) is 0 Å². The number of hydrogen-bond donors (Lipinski definition) is 0. The lowest BCUT2D eigenvalue weighted by Gasteiger charge is -2.41. The predicted molar refractivity (Wildman–Crippen MR) is 95.2 cm³/mol. The van der Waals surface area contributed by atoms with Crippen LogP contribution in [0.5, 0.6) is 0 Å². The number of nitriles is 1. The van der Waals surface area contributed by atoms with Gasteiger partial charge in [-0.2, -0.15) is 5.26 Å². The molecule has 3 heteroatoms. The predicted octanol–water partition coefficient (Wildman–Crippen LogP) is 6.31. The Balaban J connectivity index is 1.63. The normalized spacial score (nSPS) is 29.2. The van der Waals surface area contributed by atoms with Crippen LogP contribution in [0, 0.1) is 40.7 Å². The SMILES string of the molecule is CC1CCC2CC(c3ccc4c(F)c(C#N)c(F)cc4c3)CCC2C1. The van der Waals surface area contributed by atoms with Crippen molar-refractivity contribution in [3.05, 3.63) is 47.0 Å². The van der Waals surface area contributed by atoms with Crippen LogP contribution in [0.2, 0.25) is 0 Å². The van der Waals surface area contributed by atoms with Crippen LogP contribution in [-0.4, -0.2) is 0 Å². The second-order valence-electron chi connectivity index (χ2n) is 8.09.